The Bertz CT molecular complexity index is 608. The molecule has 0 aliphatic heterocycles. The highest BCUT2D eigenvalue weighted by Gasteiger charge is 2.27. The van der Waals surface area contributed by atoms with E-state index in [1.807, 2.05) is 0 Å². The molecule has 0 spiro atoms. The molecular formula is C12H21N3O4S2. The van der Waals surface area contributed by atoms with Gasteiger partial charge in [0, 0.05) is 40.6 Å². The van der Waals surface area contributed by atoms with Crippen LogP contribution in [0.3, 0.4) is 0 Å². The summed E-state index contributed by atoms with van der Waals surface area (Å²) < 4.78 is 28.7. The second-order valence-corrected chi connectivity index (χ2v) is 7.72. The summed E-state index contributed by atoms with van der Waals surface area (Å²) in [6, 6.07) is 0. The van der Waals surface area contributed by atoms with Gasteiger partial charge in [-0.05, 0) is 6.42 Å². The maximum atomic E-state index is 12.0. The van der Waals surface area contributed by atoms with Crippen LogP contribution in [-0.4, -0.2) is 59.8 Å². The lowest BCUT2D eigenvalue weighted by Gasteiger charge is -2.08. The number of ether oxygens (including phenoxy) is 1. The summed E-state index contributed by atoms with van der Waals surface area (Å²) in [6.45, 7) is 1.09. The monoisotopic (exact) mass is 335 g/mol. The summed E-state index contributed by atoms with van der Waals surface area (Å²) in [5, 5.41) is 3.42. The Kier molecular flexibility index (Phi) is 5.99. The van der Waals surface area contributed by atoms with Crippen molar-refractivity contribution in [2.75, 3.05) is 51.7 Å². The molecule has 0 unspecified atom stereocenters. The van der Waals surface area contributed by atoms with Gasteiger partial charge in [0.25, 0.3) is 5.91 Å². The molecule has 0 atom stereocenters. The number of carbonyl (C=O) groups is 1. The fourth-order valence-electron chi connectivity index (χ4n) is 1.69. The van der Waals surface area contributed by atoms with E-state index >= 15 is 0 Å². The highest BCUT2D eigenvalue weighted by molar-refractivity contribution is 7.91. The van der Waals surface area contributed by atoms with E-state index in [0.29, 0.717) is 24.6 Å². The Labute approximate surface area is 129 Å². The molecule has 0 aliphatic rings. The topological polar surface area (TPSA) is 102 Å². The number of nitrogens with two attached hydrogens (primary N) is 1. The van der Waals surface area contributed by atoms with Gasteiger partial charge in [0.2, 0.25) is 0 Å². The van der Waals surface area contributed by atoms with Crippen molar-refractivity contribution < 1.29 is 17.9 Å². The number of anilines is 2. The molecule has 21 heavy (non-hydrogen) atoms. The van der Waals surface area contributed by atoms with E-state index < -0.39 is 9.84 Å². The van der Waals surface area contributed by atoms with Crippen molar-refractivity contribution >= 4 is 37.8 Å². The number of sulfone groups is 1. The van der Waals surface area contributed by atoms with E-state index in [0.717, 1.165) is 17.6 Å². The van der Waals surface area contributed by atoms with Gasteiger partial charge in [-0.25, -0.2) is 8.42 Å². The summed E-state index contributed by atoms with van der Waals surface area (Å²) in [5.41, 5.74) is 5.89. The van der Waals surface area contributed by atoms with Crippen molar-refractivity contribution in [1.29, 1.82) is 0 Å². The summed E-state index contributed by atoms with van der Waals surface area (Å²) in [4.78, 5) is 13.6. The molecule has 0 aliphatic carbocycles. The third-order valence-corrected chi connectivity index (χ3v) is 5.13. The molecule has 0 radical (unpaired) electrons. The Hall–Kier alpha value is -1.32. The normalized spacial score (nSPS) is 11.4. The lowest BCUT2D eigenvalue weighted by Crippen LogP contribution is -2.21. The van der Waals surface area contributed by atoms with Gasteiger partial charge in [0.1, 0.15) is 14.8 Å². The third kappa shape index (κ3) is 4.32. The van der Waals surface area contributed by atoms with Crippen LogP contribution in [0.1, 0.15) is 16.1 Å². The standard InChI is InChI=1S/C12H21N3O4S2/c1-15(2)12(16)9-8(13)10(21(4,17)18)11(20-9)14-6-5-7-19-3/h14H,5-7,13H2,1-4H3. The minimum atomic E-state index is -3.52. The molecule has 3 N–H and O–H groups in total. The van der Waals surface area contributed by atoms with Gasteiger partial charge in [-0.2, -0.15) is 0 Å². The van der Waals surface area contributed by atoms with Crippen LogP contribution in [0.5, 0.6) is 0 Å². The molecule has 7 nitrogen and oxygen atoms in total. The number of rotatable bonds is 7. The molecule has 0 bridgehead atoms. The fourth-order valence-corrected chi connectivity index (χ4v) is 4.31. The number of amides is 1. The first-order valence-electron chi connectivity index (χ1n) is 6.27. The lowest BCUT2D eigenvalue weighted by molar-refractivity contribution is 0.0833. The van der Waals surface area contributed by atoms with Crippen molar-refractivity contribution in [3.8, 4) is 0 Å². The van der Waals surface area contributed by atoms with Gasteiger partial charge in [-0.3, -0.25) is 4.79 Å². The second-order valence-electron chi connectivity index (χ2n) is 4.75. The van der Waals surface area contributed by atoms with Crippen LogP contribution >= 0.6 is 11.3 Å². The maximum Gasteiger partial charge on any atom is 0.265 e. The molecular weight excluding hydrogens is 314 g/mol. The number of thiophene rings is 1. The number of hydrogen-bond donors (Lipinski definition) is 2. The van der Waals surface area contributed by atoms with Crippen molar-refractivity contribution in [2.24, 2.45) is 0 Å². The first kappa shape index (κ1) is 17.7. The SMILES string of the molecule is COCCCNc1sc(C(=O)N(C)C)c(N)c1S(C)(=O)=O. The molecule has 9 heteroatoms. The van der Waals surface area contributed by atoms with Gasteiger partial charge < -0.3 is 20.7 Å². The van der Waals surface area contributed by atoms with E-state index in [9.17, 15) is 13.2 Å². The molecule has 1 heterocycles. The predicted octanol–water partition coefficient (Wildman–Crippen LogP) is 0.884. The van der Waals surface area contributed by atoms with Gasteiger partial charge in [0.15, 0.2) is 9.84 Å². The molecule has 0 saturated carbocycles. The smallest absolute Gasteiger partial charge is 0.265 e. The minimum Gasteiger partial charge on any atom is -0.396 e. The second kappa shape index (κ2) is 7.10. The van der Waals surface area contributed by atoms with Gasteiger partial charge in [0.05, 0.1) is 5.69 Å². The van der Waals surface area contributed by atoms with Gasteiger partial charge >= 0.3 is 0 Å². The predicted molar refractivity (Wildman–Crippen MR) is 84.8 cm³/mol. The summed E-state index contributed by atoms with van der Waals surface area (Å²) in [7, 11) is 1.25. The number of methoxy groups -OCH3 is 1. The number of nitrogen functional groups attached to an aromatic ring is 1. The average Bonchev–Trinajstić information content (AvgIpc) is 2.70. The van der Waals surface area contributed by atoms with Gasteiger partial charge in [-0.1, -0.05) is 0 Å². The number of nitrogens with one attached hydrogen (secondary N) is 1. The molecule has 1 amide bonds. The lowest BCUT2D eigenvalue weighted by atomic mass is 10.3. The number of hydrogen-bond acceptors (Lipinski definition) is 7. The molecule has 0 saturated heterocycles. The zero-order valence-corrected chi connectivity index (χ0v) is 14.2. The fraction of sp³-hybridized carbons (Fsp3) is 0.583. The Balaban J connectivity index is 3.17. The van der Waals surface area contributed by atoms with Crippen molar-refractivity contribution in [1.82, 2.24) is 4.90 Å². The number of carbonyl (C=O) groups excluding carboxylic acids is 1. The summed E-state index contributed by atoms with van der Waals surface area (Å²) in [5.74, 6) is -0.313. The van der Waals surface area contributed by atoms with Crippen LogP contribution in [0.2, 0.25) is 0 Å². The minimum absolute atomic E-state index is 0.00452. The van der Waals surface area contributed by atoms with Gasteiger partial charge in [-0.15, -0.1) is 11.3 Å². The van der Waals surface area contributed by atoms with E-state index in [1.54, 1.807) is 21.2 Å². The summed E-state index contributed by atoms with van der Waals surface area (Å²) >= 11 is 1.06. The molecule has 120 valence electrons. The highest BCUT2D eigenvalue weighted by atomic mass is 32.2. The van der Waals surface area contributed by atoms with E-state index in [2.05, 4.69) is 5.32 Å². The molecule has 0 aromatic carbocycles. The van der Waals surface area contributed by atoms with Crippen molar-refractivity contribution in [3.05, 3.63) is 4.88 Å². The van der Waals surface area contributed by atoms with Crippen molar-refractivity contribution in [2.45, 2.75) is 11.3 Å². The maximum absolute atomic E-state index is 12.0. The molecule has 1 aromatic heterocycles. The quantitative estimate of drug-likeness (QED) is 0.717. The summed E-state index contributed by atoms with van der Waals surface area (Å²) in [6.07, 6.45) is 1.80. The average molecular weight is 335 g/mol. The van der Waals surface area contributed by atoms with Crippen LogP contribution in [0, 0.1) is 0 Å². The highest BCUT2D eigenvalue weighted by Crippen LogP contribution is 2.39. The first-order chi connectivity index (χ1) is 9.70. The number of nitrogens with zero attached hydrogens (tertiary/aromatic N) is 1. The zero-order valence-electron chi connectivity index (χ0n) is 12.6. The Morgan fingerprint density at radius 3 is 2.52 bits per heavy atom. The Morgan fingerprint density at radius 2 is 2.05 bits per heavy atom. The zero-order chi connectivity index (χ0) is 16.2. The molecule has 1 rings (SSSR count). The largest absolute Gasteiger partial charge is 0.396 e. The van der Waals surface area contributed by atoms with Crippen LogP contribution < -0.4 is 11.1 Å². The Morgan fingerprint density at radius 1 is 1.43 bits per heavy atom. The van der Waals surface area contributed by atoms with Crippen LogP contribution in [0.4, 0.5) is 10.7 Å². The molecule has 0 fully saturated rings. The van der Waals surface area contributed by atoms with Crippen molar-refractivity contribution in [3.63, 3.8) is 0 Å². The van der Waals surface area contributed by atoms with E-state index in [4.69, 9.17) is 10.5 Å². The third-order valence-electron chi connectivity index (χ3n) is 2.68. The van der Waals surface area contributed by atoms with E-state index in [-0.39, 0.29) is 21.4 Å². The van der Waals surface area contributed by atoms with Crippen LogP contribution in [0.15, 0.2) is 4.90 Å². The first-order valence-corrected chi connectivity index (χ1v) is 8.97. The van der Waals surface area contributed by atoms with Crippen LogP contribution in [0.25, 0.3) is 0 Å². The van der Waals surface area contributed by atoms with E-state index in [1.165, 1.54) is 4.90 Å². The molecule has 1 aromatic rings. The van der Waals surface area contributed by atoms with Crippen LogP contribution in [-0.2, 0) is 14.6 Å².